The first-order chi connectivity index (χ1) is 12.2. The molecule has 0 N–H and O–H groups in total. The van der Waals surface area contributed by atoms with Crippen molar-refractivity contribution < 1.29 is 0 Å². The first kappa shape index (κ1) is 20.8. The maximum Gasteiger partial charge on any atom is 0.0689 e. The molecule has 0 spiro atoms. The number of hydrogen-bond donors (Lipinski definition) is 0. The largest absolute Gasteiger partial charge is 0.198 e. The van der Waals surface area contributed by atoms with Gasteiger partial charge in [0.15, 0.2) is 0 Å². The molecule has 0 bridgehead atoms. The third-order valence-electron chi connectivity index (χ3n) is 7.36. The lowest BCUT2D eigenvalue weighted by atomic mass is 9.58. The zero-order valence-electron chi connectivity index (χ0n) is 17.2. The molecule has 0 aromatic rings. The summed E-state index contributed by atoms with van der Waals surface area (Å²) in [7, 11) is 0. The highest BCUT2D eigenvalue weighted by atomic mass is 14.5. The van der Waals surface area contributed by atoms with Crippen LogP contribution < -0.4 is 0 Å². The van der Waals surface area contributed by atoms with Crippen LogP contribution in [0.5, 0.6) is 0 Å². The summed E-state index contributed by atoms with van der Waals surface area (Å²) in [6.07, 6.45) is 23.1. The molecule has 1 unspecified atom stereocenters. The zero-order chi connectivity index (χ0) is 18.0. The van der Waals surface area contributed by atoms with Crippen molar-refractivity contribution in [2.45, 2.75) is 123 Å². The summed E-state index contributed by atoms with van der Waals surface area (Å²) in [6, 6.07) is 2.80. The molecule has 0 radical (unpaired) electrons. The molecule has 1 nitrogen and oxygen atoms in total. The normalized spacial score (nSPS) is 32.1. The average Bonchev–Trinajstić information content (AvgIpc) is 2.65. The van der Waals surface area contributed by atoms with Crippen molar-refractivity contribution in [3.63, 3.8) is 0 Å². The highest BCUT2D eigenvalue weighted by Gasteiger charge is 2.42. The van der Waals surface area contributed by atoms with Crippen molar-refractivity contribution in [2.24, 2.45) is 23.2 Å². The predicted molar refractivity (Wildman–Crippen MR) is 108 cm³/mol. The molecule has 4 atom stereocenters. The number of fused-ring (bicyclic) bond motifs is 1. The molecule has 0 aromatic heterocycles. The van der Waals surface area contributed by atoms with Gasteiger partial charge in [-0.05, 0) is 56.3 Å². The lowest BCUT2D eigenvalue weighted by Crippen LogP contribution is -2.36. The Morgan fingerprint density at radius 3 is 2.28 bits per heavy atom. The summed E-state index contributed by atoms with van der Waals surface area (Å²) < 4.78 is 0. The van der Waals surface area contributed by atoms with Crippen LogP contribution in [-0.2, 0) is 0 Å². The number of rotatable bonds is 11. The second kappa shape index (κ2) is 11.3. The van der Waals surface area contributed by atoms with E-state index in [0.29, 0.717) is 0 Å². The molecular weight excluding hydrogens is 302 g/mol. The minimum Gasteiger partial charge on any atom is -0.198 e. The Hall–Kier alpha value is -0.510. The molecule has 25 heavy (non-hydrogen) atoms. The van der Waals surface area contributed by atoms with E-state index in [1.165, 1.54) is 109 Å². The molecule has 2 saturated carbocycles. The van der Waals surface area contributed by atoms with Crippen molar-refractivity contribution in [3.8, 4) is 6.07 Å². The van der Waals surface area contributed by atoms with E-state index >= 15 is 0 Å². The molecule has 0 saturated heterocycles. The summed E-state index contributed by atoms with van der Waals surface area (Å²) in [5.41, 5.74) is 0.0430. The van der Waals surface area contributed by atoms with Gasteiger partial charge in [0, 0.05) is 0 Å². The quantitative estimate of drug-likeness (QED) is 0.347. The van der Waals surface area contributed by atoms with Crippen molar-refractivity contribution in [1.82, 2.24) is 0 Å². The van der Waals surface area contributed by atoms with E-state index in [4.69, 9.17) is 0 Å². The van der Waals surface area contributed by atoms with Crippen molar-refractivity contribution in [2.75, 3.05) is 0 Å². The molecule has 2 rings (SSSR count). The molecule has 0 aromatic carbocycles. The summed E-state index contributed by atoms with van der Waals surface area (Å²) in [5, 5.41) is 9.90. The first-order valence-electron chi connectivity index (χ1n) is 11.6. The van der Waals surface area contributed by atoms with Crippen LogP contribution >= 0.6 is 0 Å². The van der Waals surface area contributed by atoms with Gasteiger partial charge in [0.2, 0.25) is 0 Å². The average molecular weight is 346 g/mol. The Morgan fingerprint density at radius 1 is 0.840 bits per heavy atom. The van der Waals surface area contributed by atoms with Crippen LogP contribution in [0.2, 0.25) is 0 Å². The van der Waals surface area contributed by atoms with E-state index in [1.807, 2.05) is 0 Å². The van der Waals surface area contributed by atoms with Crippen molar-refractivity contribution >= 4 is 0 Å². The minimum atomic E-state index is 0.0430. The van der Waals surface area contributed by atoms with Crippen LogP contribution in [0.3, 0.4) is 0 Å². The SMILES string of the molecule is CCCCCCC[C@]1(C#N)CC[C@@H]2C[C@@H](CCCCCC)CCC2C1. The Bertz CT molecular complexity index is 395. The number of nitriles is 1. The fourth-order valence-electron chi connectivity index (χ4n) is 5.69. The molecule has 0 aliphatic heterocycles. The highest BCUT2D eigenvalue weighted by Crippen LogP contribution is 2.51. The van der Waals surface area contributed by atoms with Crippen LogP contribution in [0, 0.1) is 34.5 Å². The third-order valence-corrected chi connectivity index (χ3v) is 7.36. The molecule has 0 amide bonds. The van der Waals surface area contributed by atoms with Gasteiger partial charge in [0.25, 0.3) is 0 Å². The van der Waals surface area contributed by atoms with E-state index in [2.05, 4.69) is 19.9 Å². The highest BCUT2D eigenvalue weighted by molar-refractivity contribution is 5.04. The second-order valence-electron chi connectivity index (χ2n) is 9.35. The molecule has 144 valence electrons. The molecule has 2 aliphatic rings. The standard InChI is InChI=1S/C24H43N/c1-3-5-7-9-11-16-24(20-25)17-15-22-18-21(12-10-8-6-4-2)13-14-23(22)19-24/h21-23H,3-19H2,1-2H3/t21-,22+,23?,24-/m0/s1. The molecular formula is C24H43N. The summed E-state index contributed by atoms with van der Waals surface area (Å²) >= 11 is 0. The van der Waals surface area contributed by atoms with Gasteiger partial charge in [-0.25, -0.2) is 0 Å². The van der Waals surface area contributed by atoms with Gasteiger partial charge in [-0.3, -0.25) is 0 Å². The summed E-state index contributed by atoms with van der Waals surface area (Å²) in [6.45, 7) is 4.58. The van der Waals surface area contributed by atoms with Crippen molar-refractivity contribution in [1.29, 1.82) is 5.26 Å². The van der Waals surface area contributed by atoms with Gasteiger partial charge in [0.05, 0.1) is 11.5 Å². The number of nitrogens with zero attached hydrogens (tertiary/aromatic N) is 1. The molecule has 2 aliphatic carbocycles. The maximum atomic E-state index is 9.90. The lowest BCUT2D eigenvalue weighted by Gasteiger charge is -2.45. The van der Waals surface area contributed by atoms with E-state index in [0.717, 1.165) is 17.8 Å². The summed E-state index contributed by atoms with van der Waals surface area (Å²) in [4.78, 5) is 0. The van der Waals surface area contributed by atoms with Crippen LogP contribution in [0.25, 0.3) is 0 Å². The third kappa shape index (κ3) is 6.62. The van der Waals surface area contributed by atoms with E-state index in [9.17, 15) is 5.26 Å². The molecule has 0 heterocycles. The fraction of sp³-hybridized carbons (Fsp3) is 0.958. The van der Waals surface area contributed by atoms with E-state index in [1.54, 1.807) is 0 Å². The minimum absolute atomic E-state index is 0.0430. The second-order valence-corrected chi connectivity index (χ2v) is 9.35. The molecule has 1 heteroatoms. The predicted octanol–water partition coefficient (Wildman–Crippen LogP) is 8.04. The Balaban J connectivity index is 1.73. The van der Waals surface area contributed by atoms with Gasteiger partial charge in [0.1, 0.15) is 0 Å². The van der Waals surface area contributed by atoms with Crippen molar-refractivity contribution in [3.05, 3.63) is 0 Å². The van der Waals surface area contributed by atoms with E-state index in [-0.39, 0.29) is 5.41 Å². The lowest BCUT2D eigenvalue weighted by molar-refractivity contribution is 0.0615. The van der Waals surface area contributed by atoms with Crippen LogP contribution in [0.1, 0.15) is 123 Å². The Labute approximate surface area is 158 Å². The number of hydrogen-bond acceptors (Lipinski definition) is 1. The van der Waals surface area contributed by atoms with Gasteiger partial charge in [-0.15, -0.1) is 0 Å². The van der Waals surface area contributed by atoms with Crippen LogP contribution in [-0.4, -0.2) is 0 Å². The summed E-state index contributed by atoms with van der Waals surface area (Å²) in [5.74, 6) is 2.82. The van der Waals surface area contributed by atoms with Gasteiger partial charge >= 0.3 is 0 Å². The number of unbranched alkanes of at least 4 members (excludes halogenated alkanes) is 7. The van der Waals surface area contributed by atoms with Gasteiger partial charge < -0.3 is 0 Å². The monoisotopic (exact) mass is 345 g/mol. The Kier molecular flexibility index (Phi) is 9.36. The van der Waals surface area contributed by atoms with Crippen LogP contribution in [0.15, 0.2) is 0 Å². The smallest absolute Gasteiger partial charge is 0.0689 e. The Morgan fingerprint density at radius 2 is 1.56 bits per heavy atom. The topological polar surface area (TPSA) is 23.8 Å². The van der Waals surface area contributed by atoms with Gasteiger partial charge in [-0.1, -0.05) is 84.5 Å². The van der Waals surface area contributed by atoms with Gasteiger partial charge in [-0.2, -0.15) is 5.26 Å². The zero-order valence-corrected chi connectivity index (χ0v) is 17.2. The first-order valence-corrected chi connectivity index (χ1v) is 11.6. The molecule has 2 fully saturated rings. The van der Waals surface area contributed by atoms with E-state index < -0.39 is 0 Å². The van der Waals surface area contributed by atoms with Crippen LogP contribution in [0.4, 0.5) is 0 Å². The maximum absolute atomic E-state index is 9.90. The fourth-order valence-corrected chi connectivity index (χ4v) is 5.69.